The van der Waals surface area contributed by atoms with Crippen LogP contribution in [-0.2, 0) is 6.42 Å². The van der Waals surface area contributed by atoms with E-state index in [1.807, 2.05) is 6.07 Å². The first kappa shape index (κ1) is 13.6. The first-order valence-electron chi connectivity index (χ1n) is 6.66. The van der Waals surface area contributed by atoms with Crippen molar-refractivity contribution in [2.24, 2.45) is 0 Å². The summed E-state index contributed by atoms with van der Waals surface area (Å²) >= 11 is 0. The smallest absolute Gasteiger partial charge is 0.00159 e. The largest absolute Gasteiger partial charge is 0.309 e. The van der Waals surface area contributed by atoms with Crippen molar-refractivity contribution in [1.82, 2.24) is 4.90 Å². The first-order chi connectivity index (χ1) is 9.18. The van der Waals surface area contributed by atoms with Crippen molar-refractivity contribution in [3.63, 3.8) is 0 Å². The van der Waals surface area contributed by atoms with E-state index in [9.17, 15) is 0 Å². The molecule has 1 nitrogen and oxygen atoms in total. The van der Waals surface area contributed by atoms with Crippen LogP contribution in [0.25, 0.3) is 5.57 Å². The summed E-state index contributed by atoms with van der Waals surface area (Å²) in [4.78, 5) is 2.21. The quantitative estimate of drug-likeness (QED) is 0.780. The zero-order chi connectivity index (χ0) is 13.7. The molecule has 0 aliphatic carbocycles. The molecule has 1 heteroatoms. The molecule has 0 spiro atoms. The average Bonchev–Trinajstić information content (AvgIpc) is 2.45. The van der Waals surface area contributed by atoms with Gasteiger partial charge in [-0.3, -0.25) is 0 Å². The second-order valence-electron chi connectivity index (χ2n) is 5.06. The van der Waals surface area contributed by atoms with Gasteiger partial charge in [-0.25, -0.2) is 0 Å². The molecular formula is C18H21N. The van der Waals surface area contributed by atoms with Gasteiger partial charge in [-0.1, -0.05) is 61.2 Å². The fraction of sp³-hybridized carbons (Fsp3) is 0.222. The van der Waals surface area contributed by atoms with Crippen LogP contribution in [0.2, 0.25) is 0 Å². The molecule has 0 aliphatic heterocycles. The summed E-state index contributed by atoms with van der Waals surface area (Å²) in [5, 5.41) is 0. The minimum atomic E-state index is 1.05. The van der Waals surface area contributed by atoms with Crippen LogP contribution in [0.1, 0.15) is 16.7 Å². The number of nitrogens with zero attached hydrogens (tertiary/aromatic N) is 1. The third-order valence-corrected chi connectivity index (χ3v) is 3.29. The average molecular weight is 251 g/mol. The molecule has 0 saturated carbocycles. The van der Waals surface area contributed by atoms with Crippen molar-refractivity contribution >= 4 is 5.57 Å². The van der Waals surface area contributed by atoms with Gasteiger partial charge < -0.3 is 4.90 Å². The predicted octanol–water partition coefficient (Wildman–Crippen LogP) is 3.85. The zero-order valence-electron chi connectivity index (χ0n) is 11.8. The molecule has 0 aliphatic rings. The maximum Gasteiger partial charge on any atom is 0.00159 e. The van der Waals surface area contributed by atoms with Gasteiger partial charge in [-0.2, -0.15) is 0 Å². The lowest BCUT2D eigenvalue weighted by molar-refractivity contribution is 0.413. The van der Waals surface area contributed by atoms with E-state index in [1.165, 1.54) is 16.7 Å². The number of likely N-dealkylation sites (N-methyl/N-ethyl adjacent to an activating group) is 1. The summed E-state index contributed by atoms with van der Waals surface area (Å²) in [5.41, 5.74) is 4.93. The molecule has 0 radical (unpaired) electrons. The molecular weight excluding hydrogens is 230 g/mol. The van der Waals surface area contributed by atoms with Crippen molar-refractivity contribution in [2.75, 3.05) is 20.6 Å². The van der Waals surface area contributed by atoms with Crippen LogP contribution in [-0.4, -0.2) is 25.5 Å². The van der Waals surface area contributed by atoms with E-state index in [2.05, 4.69) is 74.1 Å². The molecule has 2 aromatic carbocycles. The Morgan fingerprint density at radius 3 is 2.26 bits per heavy atom. The molecule has 0 bridgehead atoms. The van der Waals surface area contributed by atoms with Crippen LogP contribution in [0.3, 0.4) is 0 Å². The normalized spacial score (nSPS) is 10.7. The Morgan fingerprint density at radius 1 is 0.947 bits per heavy atom. The lowest BCUT2D eigenvalue weighted by atomic mass is 9.94. The van der Waals surface area contributed by atoms with Gasteiger partial charge in [-0.05, 0) is 42.8 Å². The highest BCUT2D eigenvalue weighted by Gasteiger charge is 2.07. The highest BCUT2D eigenvalue weighted by Crippen LogP contribution is 2.24. The molecule has 0 aromatic heterocycles. The fourth-order valence-electron chi connectivity index (χ4n) is 2.17. The Hall–Kier alpha value is -1.86. The summed E-state index contributed by atoms with van der Waals surface area (Å²) in [6, 6.07) is 18.9. The van der Waals surface area contributed by atoms with Gasteiger partial charge in [0.05, 0.1) is 0 Å². The van der Waals surface area contributed by atoms with E-state index in [-0.39, 0.29) is 0 Å². The van der Waals surface area contributed by atoms with Gasteiger partial charge in [0.15, 0.2) is 0 Å². The molecule has 0 heterocycles. The molecule has 2 aromatic rings. The van der Waals surface area contributed by atoms with Crippen LogP contribution >= 0.6 is 0 Å². The third-order valence-electron chi connectivity index (χ3n) is 3.29. The second-order valence-corrected chi connectivity index (χ2v) is 5.06. The molecule has 2 rings (SSSR count). The lowest BCUT2D eigenvalue weighted by Crippen LogP contribution is -2.15. The van der Waals surface area contributed by atoms with Crippen molar-refractivity contribution in [3.05, 3.63) is 77.9 Å². The monoisotopic (exact) mass is 251 g/mol. The lowest BCUT2D eigenvalue weighted by Gasteiger charge is -2.14. The molecule has 0 atom stereocenters. The zero-order valence-corrected chi connectivity index (χ0v) is 11.8. The van der Waals surface area contributed by atoms with Crippen molar-refractivity contribution in [2.45, 2.75) is 6.42 Å². The molecule has 98 valence electrons. The standard InChI is InChI=1S/C18H21N/c1-15(16-9-5-4-6-10-16)18-12-8-7-11-17(18)13-14-19(2)3/h4-12H,1,13-14H2,2-3H3. The summed E-state index contributed by atoms with van der Waals surface area (Å²) in [7, 11) is 4.21. The van der Waals surface area contributed by atoms with E-state index in [0.29, 0.717) is 0 Å². The van der Waals surface area contributed by atoms with Crippen molar-refractivity contribution in [3.8, 4) is 0 Å². The topological polar surface area (TPSA) is 3.24 Å². The number of hydrogen-bond donors (Lipinski definition) is 0. The van der Waals surface area contributed by atoms with E-state index in [1.54, 1.807) is 0 Å². The fourth-order valence-corrected chi connectivity index (χ4v) is 2.17. The third kappa shape index (κ3) is 3.55. The van der Waals surface area contributed by atoms with Gasteiger partial charge in [0.25, 0.3) is 0 Å². The van der Waals surface area contributed by atoms with Crippen LogP contribution in [0, 0.1) is 0 Å². The minimum Gasteiger partial charge on any atom is -0.309 e. The molecule has 0 unspecified atom stereocenters. The summed E-state index contributed by atoms with van der Waals surface area (Å²) < 4.78 is 0. The van der Waals surface area contributed by atoms with Crippen molar-refractivity contribution in [1.29, 1.82) is 0 Å². The highest BCUT2D eigenvalue weighted by molar-refractivity contribution is 5.79. The Balaban J connectivity index is 2.27. The van der Waals surface area contributed by atoms with E-state index >= 15 is 0 Å². The molecule has 0 amide bonds. The molecule has 0 N–H and O–H groups in total. The Labute approximate surface area is 116 Å². The minimum absolute atomic E-state index is 1.05. The summed E-state index contributed by atoms with van der Waals surface area (Å²) in [5.74, 6) is 0. The molecule has 0 fully saturated rings. The van der Waals surface area contributed by atoms with Gasteiger partial charge >= 0.3 is 0 Å². The van der Waals surface area contributed by atoms with Gasteiger partial charge in [0.2, 0.25) is 0 Å². The van der Waals surface area contributed by atoms with Crippen LogP contribution in [0.4, 0.5) is 0 Å². The maximum atomic E-state index is 4.27. The Bertz CT molecular complexity index is 541. The number of benzene rings is 2. The number of rotatable bonds is 5. The van der Waals surface area contributed by atoms with Gasteiger partial charge in [0.1, 0.15) is 0 Å². The van der Waals surface area contributed by atoms with Crippen molar-refractivity contribution < 1.29 is 0 Å². The van der Waals surface area contributed by atoms with E-state index in [0.717, 1.165) is 18.5 Å². The predicted molar refractivity (Wildman–Crippen MR) is 83.3 cm³/mol. The SMILES string of the molecule is C=C(c1ccccc1)c1ccccc1CCN(C)C. The number of hydrogen-bond acceptors (Lipinski definition) is 1. The van der Waals surface area contributed by atoms with Gasteiger partial charge in [0, 0.05) is 6.54 Å². The maximum absolute atomic E-state index is 4.27. The van der Waals surface area contributed by atoms with Gasteiger partial charge in [-0.15, -0.1) is 0 Å². The highest BCUT2D eigenvalue weighted by atomic mass is 15.0. The van der Waals surface area contributed by atoms with Crippen LogP contribution < -0.4 is 0 Å². The molecule has 0 saturated heterocycles. The van der Waals surface area contributed by atoms with Crippen LogP contribution in [0.15, 0.2) is 61.2 Å². The van der Waals surface area contributed by atoms with E-state index in [4.69, 9.17) is 0 Å². The van der Waals surface area contributed by atoms with E-state index < -0.39 is 0 Å². The second kappa shape index (κ2) is 6.35. The Morgan fingerprint density at radius 2 is 1.58 bits per heavy atom. The first-order valence-corrected chi connectivity index (χ1v) is 6.66. The molecule has 19 heavy (non-hydrogen) atoms. The summed E-state index contributed by atoms with van der Waals surface area (Å²) in [6.45, 7) is 5.32. The van der Waals surface area contributed by atoms with Crippen LogP contribution in [0.5, 0.6) is 0 Å². The summed E-state index contributed by atoms with van der Waals surface area (Å²) in [6.07, 6.45) is 1.05. The Kier molecular flexibility index (Phi) is 4.53.